The topological polar surface area (TPSA) is 59.4 Å². The van der Waals surface area contributed by atoms with Crippen LogP contribution in [-0.2, 0) is 11.3 Å². The Bertz CT molecular complexity index is 454. The van der Waals surface area contributed by atoms with Crippen LogP contribution in [0.3, 0.4) is 0 Å². The molecule has 1 aliphatic heterocycles. The van der Waals surface area contributed by atoms with Crippen LogP contribution in [0.2, 0.25) is 0 Å². The van der Waals surface area contributed by atoms with Gasteiger partial charge in [-0.15, -0.1) is 0 Å². The summed E-state index contributed by atoms with van der Waals surface area (Å²) in [4.78, 5) is 13.8. The van der Waals surface area contributed by atoms with Crippen molar-refractivity contribution in [2.75, 3.05) is 25.5 Å². The Hall–Kier alpha value is -1.56. The maximum absolute atomic E-state index is 12.1. The summed E-state index contributed by atoms with van der Waals surface area (Å²) in [5.74, 6) is 0.503. The van der Waals surface area contributed by atoms with Gasteiger partial charge in [-0.2, -0.15) is 5.10 Å². The Morgan fingerprint density at radius 1 is 1.67 bits per heavy atom. The van der Waals surface area contributed by atoms with Gasteiger partial charge in [0.15, 0.2) is 0 Å². The molecule has 1 saturated heterocycles. The minimum Gasteiger partial charge on any atom is -0.376 e. The summed E-state index contributed by atoms with van der Waals surface area (Å²) in [6.45, 7) is 6.62. The number of amides is 2. The van der Waals surface area contributed by atoms with E-state index in [1.54, 1.807) is 11.1 Å². The van der Waals surface area contributed by atoms with E-state index >= 15 is 0 Å². The molecule has 0 aromatic carbocycles. The molecule has 2 atom stereocenters. The second-order valence-electron chi connectivity index (χ2n) is 5.91. The van der Waals surface area contributed by atoms with Crippen molar-refractivity contribution in [3.05, 3.63) is 12.4 Å². The highest BCUT2D eigenvalue weighted by molar-refractivity contribution is 5.88. The molecule has 1 aromatic rings. The molecule has 21 heavy (non-hydrogen) atoms. The molecule has 1 aliphatic rings. The Morgan fingerprint density at radius 3 is 3.14 bits per heavy atom. The number of rotatable bonds is 6. The summed E-state index contributed by atoms with van der Waals surface area (Å²) in [6.07, 6.45) is 7.06. The van der Waals surface area contributed by atoms with Crippen LogP contribution in [0.4, 0.5) is 10.5 Å². The molecule has 0 aliphatic carbocycles. The number of anilines is 1. The molecule has 6 heteroatoms. The minimum atomic E-state index is -0.0908. The monoisotopic (exact) mass is 294 g/mol. The molecule has 2 amide bonds. The standard InChI is InChI=1S/C15H26N4O2/c1-4-12(2)9-18(3)15(20)17-13-8-16-19(10-13)11-14-6-5-7-21-14/h8,10,12,14H,4-7,9,11H2,1-3H3,(H,17,20)/t12-,14-/m1/s1. The third kappa shape index (κ3) is 4.74. The van der Waals surface area contributed by atoms with Gasteiger partial charge in [0, 0.05) is 26.4 Å². The van der Waals surface area contributed by atoms with Crippen LogP contribution < -0.4 is 5.32 Å². The number of hydrogen-bond acceptors (Lipinski definition) is 3. The van der Waals surface area contributed by atoms with Crippen molar-refractivity contribution in [2.24, 2.45) is 5.92 Å². The average molecular weight is 294 g/mol. The first-order valence-corrected chi connectivity index (χ1v) is 7.74. The quantitative estimate of drug-likeness (QED) is 0.877. The largest absolute Gasteiger partial charge is 0.376 e. The molecule has 0 spiro atoms. The van der Waals surface area contributed by atoms with Crippen LogP contribution in [0.1, 0.15) is 33.1 Å². The Morgan fingerprint density at radius 2 is 2.48 bits per heavy atom. The van der Waals surface area contributed by atoms with E-state index in [1.807, 2.05) is 17.9 Å². The fourth-order valence-electron chi connectivity index (χ4n) is 2.42. The minimum absolute atomic E-state index is 0.0908. The van der Waals surface area contributed by atoms with Gasteiger partial charge in [-0.05, 0) is 18.8 Å². The van der Waals surface area contributed by atoms with Gasteiger partial charge in [0.05, 0.1) is 24.5 Å². The molecular weight excluding hydrogens is 268 g/mol. The van der Waals surface area contributed by atoms with E-state index in [0.29, 0.717) is 5.92 Å². The van der Waals surface area contributed by atoms with Gasteiger partial charge >= 0.3 is 6.03 Å². The molecular formula is C15H26N4O2. The first-order valence-electron chi connectivity index (χ1n) is 7.74. The van der Waals surface area contributed by atoms with Gasteiger partial charge in [0.2, 0.25) is 0 Å². The maximum Gasteiger partial charge on any atom is 0.321 e. The van der Waals surface area contributed by atoms with Crippen molar-refractivity contribution in [2.45, 2.75) is 45.8 Å². The lowest BCUT2D eigenvalue weighted by Crippen LogP contribution is -2.34. The third-order valence-corrected chi connectivity index (χ3v) is 3.93. The molecule has 1 aromatic heterocycles. The fourth-order valence-corrected chi connectivity index (χ4v) is 2.42. The van der Waals surface area contributed by atoms with Crippen LogP contribution in [0.15, 0.2) is 12.4 Å². The molecule has 2 rings (SSSR count). The molecule has 0 unspecified atom stereocenters. The summed E-state index contributed by atoms with van der Waals surface area (Å²) in [5, 5.41) is 7.15. The fraction of sp³-hybridized carbons (Fsp3) is 0.733. The van der Waals surface area contributed by atoms with Crippen molar-refractivity contribution < 1.29 is 9.53 Å². The second-order valence-corrected chi connectivity index (χ2v) is 5.91. The van der Waals surface area contributed by atoms with Gasteiger partial charge in [-0.1, -0.05) is 20.3 Å². The lowest BCUT2D eigenvalue weighted by Gasteiger charge is -2.20. The van der Waals surface area contributed by atoms with Crippen molar-refractivity contribution >= 4 is 11.7 Å². The van der Waals surface area contributed by atoms with Gasteiger partial charge in [0.1, 0.15) is 0 Å². The highest BCUT2D eigenvalue weighted by Crippen LogP contribution is 2.15. The zero-order chi connectivity index (χ0) is 15.2. The van der Waals surface area contributed by atoms with Gasteiger partial charge in [0.25, 0.3) is 0 Å². The summed E-state index contributed by atoms with van der Waals surface area (Å²) in [7, 11) is 1.82. The van der Waals surface area contributed by atoms with E-state index < -0.39 is 0 Å². The molecule has 0 saturated carbocycles. The number of carbonyl (C=O) groups excluding carboxylic acids is 1. The summed E-state index contributed by atoms with van der Waals surface area (Å²) >= 11 is 0. The number of nitrogens with zero attached hydrogens (tertiary/aromatic N) is 3. The van der Waals surface area contributed by atoms with E-state index in [-0.39, 0.29) is 12.1 Å². The van der Waals surface area contributed by atoms with Crippen molar-refractivity contribution in [1.82, 2.24) is 14.7 Å². The Labute approximate surface area is 126 Å². The molecule has 6 nitrogen and oxygen atoms in total. The highest BCUT2D eigenvalue weighted by atomic mass is 16.5. The lowest BCUT2D eigenvalue weighted by atomic mass is 10.1. The van der Waals surface area contributed by atoms with Crippen molar-refractivity contribution in [1.29, 1.82) is 0 Å². The van der Waals surface area contributed by atoms with Gasteiger partial charge < -0.3 is 15.0 Å². The van der Waals surface area contributed by atoms with Crippen LogP contribution in [0.5, 0.6) is 0 Å². The normalized spacial score (nSPS) is 19.5. The smallest absolute Gasteiger partial charge is 0.321 e. The number of urea groups is 1. The van der Waals surface area contributed by atoms with Gasteiger partial charge in [-0.25, -0.2) is 4.79 Å². The number of ether oxygens (including phenoxy) is 1. The Kier molecular flexibility index (Phi) is 5.61. The predicted molar refractivity (Wildman–Crippen MR) is 82.3 cm³/mol. The summed E-state index contributed by atoms with van der Waals surface area (Å²) < 4.78 is 7.42. The van der Waals surface area contributed by atoms with Crippen LogP contribution in [0.25, 0.3) is 0 Å². The first-order chi connectivity index (χ1) is 10.1. The first kappa shape index (κ1) is 15.8. The number of carbonyl (C=O) groups is 1. The summed E-state index contributed by atoms with van der Waals surface area (Å²) in [5.41, 5.74) is 0.731. The molecule has 0 bridgehead atoms. The molecule has 1 fully saturated rings. The van der Waals surface area contributed by atoms with Crippen molar-refractivity contribution in [3.8, 4) is 0 Å². The SMILES string of the molecule is CC[C@@H](C)CN(C)C(=O)Nc1cnn(C[C@H]2CCCO2)c1. The highest BCUT2D eigenvalue weighted by Gasteiger charge is 2.17. The van der Waals surface area contributed by atoms with E-state index in [1.165, 1.54) is 0 Å². The number of hydrogen-bond donors (Lipinski definition) is 1. The number of nitrogens with one attached hydrogen (secondary N) is 1. The lowest BCUT2D eigenvalue weighted by molar-refractivity contribution is 0.0940. The molecule has 0 radical (unpaired) electrons. The van der Waals surface area contributed by atoms with Crippen LogP contribution in [0, 0.1) is 5.92 Å². The molecule has 1 N–H and O–H groups in total. The zero-order valence-corrected chi connectivity index (χ0v) is 13.2. The van der Waals surface area contributed by atoms with E-state index in [9.17, 15) is 4.79 Å². The van der Waals surface area contributed by atoms with Crippen LogP contribution in [-0.4, -0.2) is 47.0 Å². The van der Waals surface area contributed by atoms with E-state index in [4.69, 9.17) is 4.74 Å². The van der Waals surface area contributed by atoms with E-state index in [2.05, 4.69) is 24.3 Å². The zero-order valence-electron chi connectivity index (χ0n) is 13.2. The number of aromatic nitrogens is 2. The third-order valence-electron chi connectivity index (χ3n) is 3.93. The summed E-state index contributed by atoms with van der Waals surface area (Å²) in [6, 6.07) is -0.0908. The van der Waals surface area contributed by atoms with Crippen molar-refractivity contribution in [3.63, 3.8) is 0 Å². The maximum atomic E-state index is 12.1. The Balaban J connectivity index is 1.82. The van der Waals surface area contributed by atoms with E-state index in [0.717, 1.165) is 44.6 Å². The van der Waals surface area contributed by atoms with Crippen LogP contribution >= 0.6 is 0 Å². The average Bonchev–Trinajstić information content (AvgIpc) is 3.11. The molecule has 118 valence electrons. The molecule has 2 heterocycles. The van der Waals surface area contributed by atoms with Gasteiger partial charge in [-0.3, -0.25) is 4.68 Å². The predicted octanol–water partition coefficient (Wildman–Crippen LogP) is 2.57. The second kappa shape index (κ2) is 7.45.